The van der Waals surface area contributed by atoms with E-state index in [1.165, 1.54) is 12.6 Å². The molecule has 0 aromatic rings. The highest BCUT2D eigenvalue weighted by Gasteiger charge is 2.38. The van der Waals surface area contributed by atoms with Crippen molar-refractivity contribution in [3.05, 3.63) is 0 Å². The molecule has 0 atom stereocenters. The Hall–Kier alpha value is 0.0649. The van der Waals surface area contributed by atoms with Crippen LogP contribution in [0.25, 0.3) is 0 Å². The second kappa shape index (κ2) is 0.826. The summed E-state index contributed by atoms with van der Waals surface area (Å²) in [5, 5.41) is 0. The van der Waals surface area contributed by atoms with Gasteiger partial charge < -0.3 is 0 Å². The molecule has 0 radical (unpaired) electrons. The van der Waals surface area contributed by atoms with Crippen LogP contribution in [0.1, 0.15) is 6.42 Å². The molecule has 1 heteroatoms. The Morgan fingerprint density at radius 3 is 2.33 bits per heavy atom. The van der Waals surface area contributed by atoms with Crippen LogP contribution in [-0.4, -0.2) is 6.71 Å². The minimum absolute atomic E-state index is 1.19. The number of fused-ring (bicyclic) bond motifs is 1. The lowest BCUT2D eigenvalue weighted by atomic mass is 9.37. The average Bonchev–Trinajstić information content (AvgIpc) is 1.72. The molecule has 0 aliphatic carbocycles. The van der Waals surface area contributed by atoms with Crippen LogP contribution in [0.5, 0.6) is 0 Å². The molecule has 0 aromatic heterocycles. The van der Waals surface area contributed by atoms with E-state index < -0.39 is 0 Å². The molecule has 3 fully saturated rings. The first kappa shape index (κ1) is 3.12. The van der Waals surface area contributed by atoms with Crippen molar-refractivity contribution in [3.8, 4) is 0 Å². The van der Waals surface area contributed by atoms with Crippen molar-refractivity contribution in [1.29, 1.82) is 0 Å². The van der Waals surface area contributed by atoms with Crippen LogP contribution in [0.4, 0.5) is 0 Å². The van der Waals surface area contributed by atoms with Crippen molar-refractivity contribution in [2.24, 2.45) is 5.92 Å². The summed E-state index contributed by atoms with van der Waals surface area (Å²) in [5.74, 6) is 1.19. The van der Waals surface area contributed by atoms with Gasteiger partial charge in [-0.05, 0) is 0 Å². The molecular formula is C5H9B. The van der Waals surface area contributed by atoms with Crippen LogP contribution in [0.3, 0.4) is 0 Å². The molecule has 0 unspecified atom stereocenters. The van der Waals surface area contributed by atoms with Crippen LogP contribution in [0.15, 0.2) is 0 Å². The largest absolute Gasteiger partial charge is 0.140 e. The molecule has 32 valence electrons. The van der Waals surface area contributed by atoms with Crippen molar-refractivity contribution < 1.29 is 0 Å². The maximum Gasteiger partial charge on any atom is 0.140 e. The summed E-state index contributed by atoms with van der Waals surface area (Å²) in [6.45, 7) is 1.19. The summed E-state index contributed by atoms with van der Waals surface area (Å²) in [6, 6.07) is 0. The van der Waals surface area contributed by atoms with Crippen LogP contribution >= 0.6 is 0 Å². The lowest BCUT2D eigenvalue weighted by Crippen LogP contribution is -2.18. The van der Waals surface area contributed by atoms with Crippen LogP contribution in [0, 0.1) is 5.92 Å². The molecule has 3 saturated heterocycles. The van der Waals surface area contributed by atoms with Gasteiger partial charge in [-0.1, -0.05) is 31.3 Å². The second-order valence-corrected chi connectivity index (χ2v) is 2.78. The summed E-state index contributed by atoms with van der Waals surface area (Å²) in [6.07, 6.45) is 6.29. The highest BCUT2D eigenvalue weighted by Crippen LogP contribution is 2.43. The van der Waals surface area contributed by atoms with Crippen molar-refractivity contribution in [2.45, 2.75) is 25.4 Å². The summed E-state index contributed by atoms with van der Waals surface area (Å²) >= 11 is 0. The standard InChI is InChI=1S/C5H9B/c1-2-6-3-5(1)4-6/h5H,1-4H2. The highest BCUT2D eigenvalue weighted by atomic mass is 14.2. The molecule has 2 bridgehead atoms. The first-order valence-corrected chi connectivity index (χ1v) is 2.95. The Kier molecular flexibility index (Phi) is 0.429. The zero-order chi connectivity index (χ0) is 3.98. The quantitative estimate of drug-likeness (QED) is 0.387. The third-order valence-electron chi connectivity index (χ3n) is 2.32. The third kappa shape index (κ3) is 0.224. The van der Waals surface area contributed by atoms with E-state index in [4.69, 9.17) is 0 Å². The second-order valence-electron chi connectivity index (χ2n) is 2.78. The monoisotopic (exact) mass is 80.1 g/mol. The zero-order valence-electron chi connectivity index (χ0n) is 3.98. The fourth-order valence-electron chi connectivity index (χ4n) is 1.82. The van der Waals surface area contributed by atoms with Gasteiger partial charge in [-0.2, -0.15) is 0 Å². The summed E-state index contributed by atoms with van der Waals surface area (Å²) < 4.78 is 0. The van der Waals surface area contributed by atoms with E-state index in [1.807, 2.05) is 0 Å². The maximum absolute atomic E-state index is 1.58. The van der Waals surface area contributed by atoms with Crippen molar-refractivity contribution in [2.75, 3.05) is 0 Å². The van der Waals surface area contributed by atoms with Crippen LogP contribution in [-0.2, 0) is 0 Å². The van der Waals surface area contributed by atoms with Crippen LogP contribution < -0.4 is 0 Å². The van der Waals surface area contributed by atoms with E-state index in [0.29, 0.717) is 0 Å². The smallest absolute Gasteiger partial charge is 0.0739 e. The first-order valence-electron chi connectivity index (χ1n) is 2.95. The molecule has 3 rings (SSSR count). The van der Waals surface area contributed by atoms with Crippen molar-refractivity contribution >= 4 is 6.71 Å². The Morgan fingerprint density at radius 2 is 2.17 bits per heavy atom. The van der Waals surface area contributed by atoms with Gasteiger partial charge in [0, 0.05) is 0 Å². The molecular weight excluding hydrogens is 70.9 g/mol. The molecule has 6 heavy (non-hydrogen) atoms. The van der Waals surface area contributed by atoms with Gasteiger partial charge in [0.25, 0.3) is 0 Å². The summed E-state index contributed by atoms with van der Waals surface area (Å²) in [7, 11) is 0. The Bertz CT molecular complexity index is 50.8. The molecule has 0 saturated carbocycles. The van der Waals surface area contributed by atoms with Gasteiger partial charge in [0.2, 0.25) is 0 Å². The molecule has 0 N–H and O–H groups in total. The van der Waals surface area contributed by atoms with Crippen molar-refractivity contribution in [3.63, 3.8) is 0 Å². The Morgan fingerprint density at radius 1 is 1.33 bits per heavy atom. The Balaban J connectivity index is 2.16. The van der Waals surface area contributed by atoms with Crippen LogP contribution in [0.2, 0.25) is 19.0 Å². The molecule has 3 aliphatic heterocycles. The average molecular weight is 79.9 g/mol. The van der Waals surface area contributed by atoms with E-state index in [1.54, 1.807) is 25.4 Å². The molecule has 0 nitrogen and oxygen atoms in total. The van der Waals surface area contributed by atoms with Gasteiger partial charge in [-0.25, -0.2) is 0 Å². The highest BCUT2D eigenvalue weighted by molar-refractivity contribution is 6.63. The fourth-order valence-corrected chi connectivity index (χ4v) is 1.82. The normalized spacial score (nSPS) is 31.0. The predicted molar refractivity (Wildman–Crippen MR) is 28.3 cm³/mol. The van der Waals surface area contributed by atoms with Gasteiger partial charge in [-0.3, -0.25) is 0 Å². The van der Waals surface area contributed by atoms with Gasteiger partial charge in [0.1, 0.15) is 6.71 Å². The minimum atomic E-state index is 1.19. The van der Waals surface area contributed by atoms with E-state index in [-0.39, 0.29) is 0 Å². The molecule has 0 amide bonds. The SMILES string of the molecule is C1CC2CB1C2. The number of rotatable bonds is 0. The lowest BCUT2D eigenvalue weighted by molar-refractivity contribution is 0.633. The number of hydrogen-bond donors (Lipinski definition) is 0. The number of hydrogen-bond acceptors (Lipinski definition) is 0. The molecule has 0 spiro atoms. The summed E-state index contributed by atoms with van der Waals surface area (Å²) in [4.78, 5) is 0. The van der Waals surface area contributed by atoms with Gasteiger partial charge in [0.05, 0.1) is 0 Å². The van der Waals surface area contributed by atoms with E-state index in [2.05, 4.69) is 0 Å². The topological polar surface area (TPSA) is 0 Å². The molecule has 3 heterocycles. The van der Waals surface area contributed by atoms with Gasteiger partial charge in [0.15, 0.2) is 0 Å². The third-order valence-corrected chi connectivity index (χ3v) is 2.32. The molecule has 0 aromatic carbocycles. The minimum Gasteiger partial charge on any atom is -0.0739 e. The maximum atomic E-state index is 1.58. The molecule has 3 aliphatic rings. The summed E-state index contributed by atoms with van der Waals surface area (Å²) in [5.41, 5.74) is 0. The van der Waals surface area contributed by atoms with E-state index >= 15 is 0 Å². The first-order chi connectivity index (χ1) is 2.95. The Labute approximate surface area is 39.0 Å². The van der Waals surface area contributed by atoms with E-state index in [0.717, 1.165) is 0 Å². The van der Waals surface area contributed by atoms with Crippen molar-refractivity contribution in [1.82, 2.24) is 0 Å². The van der Waals surface area contributed by atoms with E-state index in [9.17, 15) is 0 Å². The lowest BCUT2D eigenvalue weighted by Gasteiger charge is -2.18. The zero-order valence-corrected chi connectivity index (χ0v) is 3.98. The fraction of sp³-hybridized carbons (Fsp3) is 1.00. The predicted octanol–water partition coefficient (Wildman–Crippen LogP) is 1.51. The van der Waals surface area contributed by atoms with Gasteiger partial charge in [-0.15, -0.1) is 0 Å². The van der Waals surface area contributed by atoms with Gasteiger partial charge >= 0.3 is 0 Å².